The van der Waals surface area contributed by atoms with Crippen LogP contribution in [0.1, 0.15) is 4.88 Å². The average Bonchev–Trinajstić information content (AvgIpc) is 1.91. The normalized spacial score (nSPS) is 9.43. The number of hydrogen-bond acceptors (Lipinski definition) is 1. The van der Waals surface area contributed by atoms with E-state index in [1.807, 2.05) is 6.92 Å². The van der Waals surface area contributed by atoms with Gasteiger partial charge >= 0.3 is 0 Å². The molecule has 0 nitrogen and oxygen atoms in total. The zero-order valence-electron chi connectivity index (χ0n) is 3.86. The van der Waals surface area contributed by atoms with Gasteiger partial charge in [0.25, 0.3) is 0 Å². The summed E-state index contributed by atoms with van der Waals surface area (Å²) in [7, 11) is 0. The van der Waals surface area contributed by atoms with Crippen molar-refractivity contribution in [1.82, 2.24) is 0 Å². The lowest BCUT2D eigenvalue weighted by molar-refractivity contribution is 1.64. The Morgan fingerprint density at radius 1 is 1.86 bits per heavy atom. The first-order valence-electron chi connectivity index (χ1n) is 1.92. The summed E-state index contributed by atoms with van der Waals surface area (Å²) in [6.07, 6.45) is 0. The Bertz CT molecular complexity index is 140. The van der Waals surface area contributed by atoms with E-state index in [0.29, 0.717) is 0 Å². The van der Waals surface area contributed by atoms with Crippen LogP contribution in [0.25, 0.3) is 0 Å². The maximum atomic E-state index is 5.60. The van der Waals surface area contributed by atoms with Crippen molar-refractivity contribution in [2.24, 2.45) is 0 Å². The Labute approximate surface area is 51.7 Å². The number of thiophene rings is 1. The first kappa shape index (κ1) is 5.13. The second-order valence-corrected chi connectivity index (χ2v) is 2.73. The number of aryl methyl sites for hydroxylation is 1. The molecule has 0 amide bonds. The molecule has 1 rings (SSSR count). The van der Waals surface area contributed by atoms with E-state index in [0.717, 1.165) is 9.90 Å². The predicted octanol–water partition coefficient (Wildman–Crippen LogP) is 2.51. The number of halogens is 1. The fraction of sp³-hybridized carbons (Fsp3) is 0.200. The molecule has 37 valence electrons. The summed E-state index contributed by atoms with van der Waals surface area (Å²) in [5.41, 5.74) is 0. The molecule has 0 aliphatic rings. The molecule has 0 saturated carbocycles. The minimum Gasteiger partial charge on any atom is -0.138 e. The van der Waals surface area contributed by atoms with E-state index < -0.39 is 0 Å². The van der Waals surface area contributed by atoms with Crippen LogP contribution in [0.15, 0.2) is 6.07 Å². The minimum absolute atomic E-state index is 0.824. The predicted molar refractivity (Wildman–Crippen MR) is 32.9 cm³/mol. The molecule has 0 aliphatic heterocycles. The van der Waals surface area contributed by atoms with Crippen LogP contribution in [0, 0.1) is 12.3 Å². The van der Waals surface area contributed by atoms with Gasteiger partial charge in [0.05, 0.1) is 5.02 Å². The Balaban J connectivity index is 3.12. The maximum Gasteiger partial charge on any atom is 0.0548 e. The molecule has 0 saturated heterocycles. The summed E-state index contributed by atoms with van der Waals surface area (Å²) in [5.74, 6) is 0. The lowest BCUT2D eigenvalue weighted by atomic mass is 10.5. The molecule has 0 aromatic carbocycles. The first-order valence-corrected chi connectivity index (χ1v) is 3.12. The van der Waals surface area contributed by atoms with Gasteiger partial charge in [-0.15, -0.1) is 11.3 Å². The summed E-state index contributed by atoms with van der Waals surface area (Å²) in [6, 6.07) is 1.78. The van der Waals surface area contributed by atoms with Gasteiger partial charge in [-0.25, -0.2) is 0 Å². The molecule has 1 aromatic rings. The standard InChI is InChI=1S/C5H4ClS/c1-4-5(6)2-3-7-4/h2H,1H3. The van der Waals surface area contributed by atoms with Crippen LogP contribution in [-0.2, 0) is 0 Å². The molecule has 1 heterocycles. The van der Waals surface area contributed by atoms with Gasteiger partial charge in [0.1, 0.15) is 0 Å². The first-order chi connectivity index (χ1) is 3.30. The molecule has 0 unspecified atom stereocenters. The van der Waals surface area contributed by atoms with Crippen molar-refractivity contribution < 1.29 is 0 Å². The van der Waals surface area contributed by atoms with Crippen LogP contribution in [-0.4, -0.2) is 0 Å². The van der Waals surface area contributed by atoms with E-state index >= 15 is 0 Å². The van der Waals surface area contributed by atoms with Crippen molar-refractivity contribution in [3.05, 3.63) is 21.3 Å². The van der Waals surface area contributed by atoms with Crippen LogP contribution in [0.4, 0.5) is 0 Å². The van der Waals surface area contributed by atoms with Crippen LogP contribution < -0.4 is 0 Å². The van der Waals surface area contributed by atoms with E-state index in [-0.39, 0.29) is 0 Å². The summed E-state index contributed by atoms with van der Waals surface area (Å²) in [4.78, 5) is 1.14. The monoisotopic (exact) mass is 131 g/mol. The van der Waals surface area contributed by atoms with Crippen molar-refractivity contribution in [3.8, 4) is 0 Å². The molecule has 0 bridgehead atoms. The van der Waals surface area contributed by atoms with Crippen LogP contribution in [0.5, 0.6) is 0 Å². The number of hydrogen-bond donors (Lipinski definition) is 0. The fourth-order valence-corrected chi connectivity index (χ4v) is 1.06. The highest BCUT2D eigenvalue weighted by molar-refractivity contribution is 7.10. The smallest absolute Gasteiger partial charge is 0.0548 e. The van der Waals surface area contributed by atoms with Crippen LogP contribution >= 0.6 is 22.9 Å². The molecular formula is C5H4ClS. The largest absolute Gasteiger partial charge is 0.138 e. The summed E-state index contributed by atoms with van der Waals surface area (Å²) in [5, 5.41) is 3.73. The third-order valence-electron chi connectivity index (χ3n) is 0.734. The third kappa shape index (κ3) is 0.956. The molecule has 1 radical (unpaired) electrons. The van der Waals surface area contributed by atoms with E-state index in [9.17, 15) is 0 Å². The van der Waals surface area contributed by atoms with Gasteiger partial charge in [-0.3, -0.25) is 0 Å². The van der Waals surface area contributed by atoms with Crippen molar-refractivity contribution >= 4 is 22.9 Å². The SMILES string of the molecule is Cc1s[c]cc1Cl. The van der Waals surface area contributed by atoms with E-state index in [4.69, 9.17) is 11.6 Å². The van der Waals surface area contributed by atoms with Gasteiger partial charge in [0.15, 0.2) is 0 Å². The Kier molecular flexibility index (Phi) is 1.35. The highest BCUT2D eigenvalue weighted by atomic mass is 35.5. The number of rotatable bonds is 0. The van der Waals surface area contributed by atoms with Crippen molar-refractivity contribution in [3.63, 3.8) is 0 Å². The second-order valence-electron chi connectivity index (χ2n) is 1.27. The Morgan fingerprint density at radius 2 is 2.57 bits per heavy atom. The summed E-state index contributed by atoms with van der Waals surface area (Å²) in [6.45, 7) is 1.98. The van der Waals surface area contributed by atoms with E-state index in [1.165, 1.54) is 0 Å². The van der Waals surface area contributed by atoms with Crippen molar-refractivity contribution in [1.29, 1.82) is 0 Å². The van der Waals surface area contributed by atoms with Gasteiger partial charge in [-0.2, -0.15) is 0 Å². The van der Waals surface area contributed by atoms with Crippen molar-refractivity contribution in [2.75, 3.05) is 0 Å². The second kappa shape index (κ2) is 1.85. The highest BCUT2D eigenvalue weighted by Crippen LogP contribution is 2.18. The average molecular weight is 132 g/mol. The Morgan fingerprint density at radius 3 is 2.71 bits per heavy atom. The Hall–Kier alpha value is -0.0100. The molecule has 1 aromatic heterocycles. The third-order valence-corrected chi connectivity index (χ3v) is 2.00. The topological polar surface area (TPSA) is 0 Å². The van der Waals surface area contributed by atoms with Crippen LogP contribution in [0.2, 0.25) is 5.02 Å². The molecular weight excluding hydrogens is 128 g/mol. The molecule has 2 heteroatoms. The zero-order valence-corrected chi connectivity index (χ0v) is 5.44. The molecule has 0 aliphatic carbocycles. The summed E-state index contributed by atoms with van der Waals surface area (Å²) < 4.78 is 0. The lowest BCUT2D eigenvalue weighted by Gasteiger charge is -1.76. The van der Waals surface area contributed by atoms with Crippen molar-refractivity contribution in [2.45, 2.75) is 6.92 Å². The van der Waals surface area contributed by atoms with Gasteiger partial charge in [-0.1, -0.05) is 11.6 Å². The molecule has 0 atom stereocenters. The van der Waals surface area contributed by atoms with E-state index in [1.54, 1.807) is 17.4 Å². The molecule has 0 N–H and O–H groups in total. The summed E-state index contributed by atoms with van der Waals surface area (Å²) >= 11 is 7.15. The molecule has 0 spiro atoms. The van der Waals surface area contributed by atoms with Gasteiger partial charge < -0.3 is 0 Å². The van der Waals surface area contributed by atoms with Crippen LogP contribution in [0.3, 0.4) is 0 Å². The van der Waals surface area contributed by atoms with Gasteiger partial charge in [-0.05, 0) is 13.0 Å². The molecule has 7 heavy (non-hydrogen) atoms. The highest BCUT2D eigenvalue weighted by Gasteiger charge is 1.90. The van der Waals surface area contributed by atoms with Gasteiger partial charge in [0, 0.05) is 10.3 Å². The zero-order chi connectivity index (χ0) is 5.28. The lowest BCUT2D eigenvalue weighted by Crippen LogP contribution is -1.52. The molecule has 0 fully saturated rings. The van der Waals surface area contributed by atoms with Gasteiger partial charge in [0.2, 0.25) is 0 Å². The quantitative estimate of drug-likeness (QED) is 0.508. The maximum absolute atomic E-state index is 5.60. The van der Waals surface area contributed by atoms with E-state index in [2.05, 4.69) is 5.38 Å². The fourth-order valence-electron chi connectivity index (χ4n) is 0.320. The minimum atomic E-state index is 0.824.